The zero-order valence-electron chi connectivity index (χ0n) is 11.3. The van der Waals surface area contributed by atoms with E-state index in [-0.39, 0.29) is 11.9 Å². The molecule has 0 spiro atoms. The van der Waals surface area contributed by atoms with Crippen molar-refractivity contribution in [2.75, 3.05) is 0 Å². The number of aryl methyl sites for hydroxylation is 1. The van der Waals surface area contributed by atoms with Crippen molar-refractivity contribution in [1.82, 2.24) is 5.32 Å². The van der Waals surface area contributed by atoms with Crippen LogP contribution in [0.2, 0.25) is 0 Å². The van der Waals surface area contributed by atoms with Crippen LogP contribution in [0, 0.1) is 6.92 Å². The molecule has 1 heterocycles. The number of carbonyl (C=O) groups is 2. The third-order valence-corrected chi connectivity index (χ3v) is 4.13. The van der Waals surface area contributed by atoms with Gasteiger partial charge in [0.05, 0.1) is 6.04 Å². The normalized spacial score (nSPS) is 11.9. The van der Waals surface area contributed by atoms with Gasteiger partial charge in [0.15, 0.2) is 0 Å². The van der Waals surface area contributed by atoms with Crippen LogP contribution in [0.25, 0.3) is 0 Å². The molecule has 0 aliphatic rings. The average molecular weight is 288 g/mol. The molecule has 4 nitrogen and oxygen atoms in total. The van der Waals surface area contributed by atoms with E-state index < -0.39 is 5.91 Å². The summed E-state index contributed by atoms with van der Waals surface area (Å²) in [6.07, 6.45) is 0. The first kappa shape index (κ1) is 14.3. The molecule has 0 bridgehead atoms. The van der Waals surface area contributed by atoms with E-state index in [1.807, 2.05) is 26.0 Å². The summed E-state index contributed by atoms with van der Waals surface area (Å²) in [7, 11) is 0. The van der Waals surface area contributed by atoms with E-state index in [0.29, 0.717) is 11.1 Å². The number of rotatable bonds is 4. The maximum absolute atomic E-state index is 12.2. The van der Waals surface area contributed by atoms with Crippen molar-refractivity contribution >= 4 is 23.2 Å². The van der Waals surface area contributed by atoms with Crippen molar-refractivity contribution in [2.45, 2.75) is 19.9 Å². The van der Waals surface area contributed by atoms with Crippen LogP contribution in [0.1, 0.15) is 43.4 Å². The highest BCUT2D eigenvalue weighted by molar-refractivity contribution is 7.12. The van der Waals surface area contributed by atoms with Crippen LogP contribution in [-0.2, 0) is 0 Å². The highest BCUT2D eigenvalue weighted by Gasteiger charge is 2.13. The Morgan fingerprint density at radius 1 is 1.20 bits per heavy atom. The average Bonchev–Trinajstić information content (AvgIpc) is 2.85. The fourth-order valence-electron chi connectivity index (χ4n) is 1.85. The van der Waals surface area contributed by atoms with Gasteiger partial charge in [-0.05, 0) is 44.2 Å². The lowest BCUT2D eigenvalue weighted by molar-refractivity contribution is 0.0940. The van der Waals surface area contributed by atoms with E-state index in [9.17, 15) is 9.59 Å². The van der Waals surface area contributed by atoms with Crippen molar-refractivity contribution in [3.05, 3.63) is 57.3 Å². The minimum Gasteiger partial charge on any atom is -0.366 e. The predicted molar refractivity (Wildman–Crippen MR) is 79.9 cm³/mol. The molecule has 0 saturated heterocycles. The van der Waals surface area contributed by atoms with Crippen LogP contribution >= 0.6 is 11.3 Å². The molecule has 20 heavy (non-hydrogen) atoms. The number of carbonyl (C=O) groups excluding carboxylic acids is 2. The molecule has 3 N–H and O–H groups in total. The van der Waals surface area contributed by atoms with Crippen LogP contribution in [0.15, 0.2) is 36.4 Å². The summed E-state index contributed by atoms with van der Waals surface area (Å²) in [5, 5.41) is 2.91. The Balaban J connectivity index is 2.12. The van der Waals surface area contributed by atoms with Gasteiger partial charge in [0.2, 0.25) is 5.91 Å². The Kier molecular flexibility index (Phi) is 4.20. The molecular weight excluding hydrogens is 272 g/mol. The number of benzene rings is 1. The Morgan fingerprint density at radius 3 is 2.50 bits per heavy atom. The van der Waals surface area contributed by atoms with Crippen LogP contribution in [0.4, 0.5) is 0 Å². The molecule has 2 aromatic rings. The molecule has 0 fully saturated rings. The zero-order chi connectivity index (χ0) is 14.7. The molecule has 1 aromatic carbocycles. The molecule has 5 heteroatoms. The monoisotopic (exact) mass is 288 g/mol. The fraction of sp³-hybridized carbons (Fsp3) is 0.200. The van der Waals surface area contributed by atoms with Gasteiger partial charge in [-0.2, -0.15) is 0 Å². The van der Waals surface area contributed by atoms with Gasteiger partial charge in [-0.15, -0.1) is 11.3 Å². The first-order chi connectivity index (χ1) is 9.47. The standard InChI is InChI=1S/C15H16N2O2S/c1-9-6-7-13(20-9)10(2)17-15(19)12-5-3-4-11(8-12)14(16)18/h3-8,10H,1-2H3,(H2,16,18)(H,17,19). The van der Waals surface area contributed by atoms with Crippen LogP contribution in [-0.4, -0.2) is 11.8 Å². The van der Waals surface area contributed by atoms with Gasteiger partial charge >= 0.3 is 0 Å². The van der Waals surface area contributed by atoms with Crippen LogP contribution in [0.3, 0.4) is 0 Å². The van der Waals surface area contributed by atoms with E-state index in [1.54, 1.807) is 29.5 Å². The SMILES string of the molecule is Cc1ccc(C(C)NC(=O)c2cccc(C(N)=O)c2)s1. The van der Waals surface area contributed by atoms with Crippen molar-refractivity contribution in [3.8, 4) is 0 Å². The summed E-state index contributed by atoms with van der Waals surface area (Å²) in [5.74, 6) is -0.756. The zero-order valence-corrected chi connectivity index (χ0v) is 12.2. The molecule has 0 aliphatic heterocycles. The number of hydrogen-bond donors (Lipinski definition) is 2. The quantitative estimate of drug-likeness (QED) is 0.907. The largest absolute Gasteiger partial charge is 0.366 e. The molecule has 1 aromatic heterocycles. The maximum Gasteiger partial charge on any atom is 0.251 e. The van der Waals surface area contributed by atoms with Gasteiger partial charge in [-0.1, -0.05) is 6.07 Å². The fourth-order valence-corrected chi connectivity index (χ4v) is 2.73. The maximum atomic E-state index is 12.2. The third kappa shape index (κ3) is 3.24. The van der Waals surface area contributed by atoms with Gasteiger partial charge in [0.25, 0.3) is 5.91 Å². The molecule has 2 amide bonds. The van der Waals surface area contributed by atoms with Crippen LogP contribution in [0.5, 0.6) is 0 Å². The Bertz CT molecular complexity index is 649. The summed E-state index contributed by atoms with van der Waals surface area (Å²) >= 11 is 1.65. The highest BCUT2D eigenvalue weighted by atomic mass is 32.1. The second-order valence-corrected chi connectivity index (χ2v) is 5.91. The van der Waals surface area contributed by atoms with E-state index in [2.05, 4.69) is 5.32 Å². The molecule has 1 unspecified atom stereocenters. The summed E-state index contributed by atoms with van der Waals surface area (Å²) in [6.45, 7) is 3.96. The van der Waals surface area contributed by atoms with Crippen molar-refractivity contribution in [3.63, 3.8) is 0 Å². The molecule has 0 radical (unpaired) electrons. The lowest BCUT2D eigenvalue weighted by Crippen LogP contribution is -2.26. The summed E-state index contributed by atoms with van der Waals surface area (Å²) < 4.78 is 0. The summed E-state index contributed by atoms with van der Waals surface area (Å²) in [6, 6.07) is 10.4. The number of nitrogens with two attached hydrogens (primary N) is 1. The molecule has 0 aliphatic carbocycles. The number of thiophene rings is 1. The van der Waals surface area contributed by atoms with E-state index in [1.165, 1.54) is 10.9 Å². The van der Waals surface area contributed by atoms with Gasteiger partial charge in [-0.3, -0.25) is 9.59 Å². The second-order valence-electron chi connectivity index (χ2n) is 4.59. The first-order valence-corrected chi connectivity index (χ1v) is 7.06. The predicted octanol–water partition coefficient (Wildman–Crippen LogP) is 2.65. The number of hydrogen-bond acceptors (Lipinski definition) is 3. The van der Waals surface area contributed by atoms with E-state index >= 15 is 0 Å². The van der Waals surface area contributed by atoms with Gasteiger partial charge < -0.3 is 11.1 Å². The summed E-state index contributed by atoms with van der Waals surface area (Å²) in [4.78, 5) is 25.6. The van der Waals surface area contributed by atoms with Gasteiger partial charge in [0, 0.05) is 20.9 Å². The first-order valence-electron chi connectivity index (χ1n) is 6.24. The third-order valence-electron chi connectivity index (χ3n) is 2.94. The lowest BCUT2D eigenvalue weighted by atomic mass is 10.1. The van der Waals surface area contributed by atoms with Gasteiger partial charge in [-0.25, -0.2) is 0 Å². The van der Waals surface area contributed by atoms with Crippen LogP contribution < -0.4 is 11.1 Å². The topological polar surface area (TPSA) is 72.2 Å². The lowest BCUT2D eigenvalue weighted by Gasteiger charge is -2.12. The molecule has 2 rings (SSSR count). The van der Waals surface area contributed by atoms with Gasteiger partial charge in [0.1, 0.15) is 0 Å². The molecular formula is C15H16N2O2S. The van der Waals surface area contributed by atoms with Crippen molar-refractivity contribution in [2.24, 2.45) is 5.73 Å². The smallest absolute Gasteiger partial charge is 0.251 e. The number of primary amides is 1. The minimum absolute atomic E-state index is 0.0709. The Hall–Kier alpha value is -2.14. The number of nitrogens with one attached hydrogen (secondary N) is 1. The highest BCUT2D eigenvalue weighted by Crippen LogP contribution is 2.22. The minimum atomic E-state index is -0.540. The second kappa shape index (κ2) is 5.88. The molecule has 104 valence electrons. The Labute approximate surface area is 121 Å². The van der Waals surface area contributed by atoms with E-state index in [0.717, 1.165) is 4.88 Å². The van der Waals surface area contributed by atoms with Crippen molar-refractivity contribution in [1.29, 1.82) is 0 Å². The molecule has 1 atom stereocenters. The Morgan fingerprint density at radius 2 is 1.90 bits per heavy atom. The number of amides is 2. The van der Waals surface area contributed by atoms with E-state index in [4.69, 9.17) is 5.73 Å². The van der Waals surface area contributed by atoms with Crippen molar-refractivity contribution < 1.29 is 9.59 Å². The molecule has 0 saturated carbocycles. The summed E-state index contributed by atoms with van der Waals surface area (Å²) in [5.41, 5.74) is 5.97.